The Morgan fingerprint density at radius 1 is 1.17 bits per heavy atom. The van der Waals surface area contributed by atoms with Crippen molar-refractivity contribution >= 4 is 57.9 Å². The van der Waals surface area contributed by atoms with Crippen LogP contribution in [0.15, 0.2) is 18.3 Å². The molecule has 2 atom stereocenters. The van der Waals surface area contributed by atoms with Crippen molar-refractivity contribution in [3.05, 3.63) is 34.2 Å². The number of rotatable bonds is 6. The number of amides is 1. The van der Waals surface area contributed by atoms with Gasteiger partial charge >= 0.3 is 0 Å². The zero-order valence-corrected chi connectivity index (χ0v) is 20.1. The second-order valence-corrected chi connectivity index (χ2v) is 9.66. The van der Waals surface area contributed by atoms with Crippen molar-refractivity contribution in [1.29, 1.82) is 0 Å². The van der Waals surface area contributed by atoms with E-state index in [-0.39, 0.29) is 40.6 Å². The number of anilines is 3. The number of nitrogens with two attached hydrogens (primary N) is 1. The quantitative estimate of drug-likeness (QED) is 0.385. The molecule has 0 spiro atoms. The van der Waals surface area contributed by atoms with Crippen LogP contribution in [0.1, 0.15) is 31.7 Å². The van der Waals surface area contributed by atoms with E-state index < -0.39 is 11.9 Å². The number of nitrogens with one attached hydrogen (secondary N) is 2. The smallest absolute Gasteiger partial charge is 0.225 e. The first-order chi connectivity index (χ1) is 16.8. The van der Waals surface area contributed by atoms with Gasteiger partial charge in [-0.2, -0.15) is 4.98 Å². The second kappa shape index (κ2) is 9.73. The van der Waals surface area contributed by atoms with Crippen LogP contribution in [0.2, 0.25) is 10.0 Å². The Morgan fingerprint density at radius 3 is 2.51 bits per heavy atom. The van der Waals surface area contributed by atoms with Gasteiger partial charge in [0.1, 0.15) is 11.3 Å². The average molecular weight is 524 g/mol. The van der Waals surface area contributed by atoms with E-state index in [9.17, 15) is 14.3 Å². The number of hydrogen-bond acceptors (Lipinski definition) is 8. The molecule has 3 heterocycles. The lowest BCUT2D eigenvalue weighted by Gasteiger charge is -2.29. The topological polar surface area (TPSA) is 140 Å². The molecular formula is C22H24Cl2FN7O3. The molecule has 2 aliphatic rings. The summed E-state index contributed by atoms with van der Waals surface area (Å²) in [6, 6.07) is 1.96. The van der Waals surface area contributed by atoms with E-state index in [4.69, 9.17) is 33.7 Å². The number of aliphatic hydroxyl groups is 1. The molecule has 2 aromatic heterocycles. The highest BCUT2D eigenvalue weighted by molar-refractivity contribution is 6.39. The van der Waals surface area contributed by atoms with Crippen LogP contribution in [-0.4, -0.2) is 55.9 Å². The number of halogens is 3. The lowest BCUT2D eigenvalue weighted by Crippen LogP contribution is -2.32. The molecule has 186 valence electrons. The predicted molar refractivity (Wildman–Crippen MR) is 129 cm³/mol. The molecular weight excluding hydrogens is 500 g/mol. The monoisotopic (exact) mass is 523 g/mol. The number of aromatic nitrogens is 4. The Hall–Kier alpha value is -2.73. The van der Waals surface area contributed by atoms with Crippen LogP contribution in [-0.2, 0) is 9.53 Å². The van der Waals surface area contributed by atoms with Gasteiger partial charge in [0.05, 0.1) is 47.3 Å². The molecule has 1 saturated carbocycles. The van der Waals surface area contributed by atoms with Crippen LogP contribution in [0, 0.1) is 11.7 Å². The first-order valence-corrected chi connectivity index (χ1v) is 12.0. The fourth-order valence-corrected chi connectivity index (χ4v) is 5.19. The first-order valence-electron chi connectivity index (χ1n) is 11.3. The molecule has 2 unspecified atom stereocenters. The molecule has 1 saturated heterocycles. The van der Waals surface area contributed by atoms with Crippen molar-refractivity contribution < 1.29 is 19.0 Å². The van der Waals surface area contributed by atoms with E-state index >= 15 is 0 Å². The SMILES string of the molecule is NC(=O)[C@H]1CC[C@@H](n2c(Nc3c(Cl)cc(F)cc3Cl)nc3cnc(NC4COCC4O)nc32)CC1. The minimum Gasteiger partial charge on any atom is -0.388 e. The molecule has 3 aromatic rings. The third kappa shape index (κ3) is 4.86. The maximum absolute atomic E-state index is 13.7. The highest BCUT2D eigenvalue weighted by Gasteiger charge is 2.30. The molecule has 1 aromatic carbocycles. The summed E-state index contributed by atoms with van der Waals surface area (Å²) in [7, 11) is 0. The lowest BCUT2D eigenvalue weighted by molar-refractivity contribution is -0.122. The molecule has 0 bridgehead atoms. The second-order valence-electron chi connectivity index (χ2n) is 8.84. The van der Waals surface area contributed by atoms with Crippen molar-refractivity contribution in [2.75, 3.05) is 23.8 Å². The van der Waals surface area contributed by atoms with Crippen LogP contribution >= 0.6 is 23.2 Å². The van der Waals surface area contributed by atoms with Crippen LogP contribution in [0.25, 0.3) is 11.2 Å². The number of benzene rings is 1. The van der Waals surface area contributed by atoms with Gasteiger partial charge in [-0.3, -0.25) is 9.36 Å². The molecule has 1 aliphatic carbocycles. The molecule has 35 heavy (non-hydrogen) atoms. The van der Waals surface area contributed by atoms with Crippen LogP contribution in [0.5, 0.6) is 0 Å². The molecule has 10 nitrogen and oxygen atoms in total. The van der Waals surface area contributed by atoms with Gasteiger partial charge in [0, 0.05) is 12.0 Å². The van der Waals surface area contributed by atoms with Gasteiger partial charge in [-0.15, -0.1) is 0 Å². The van der Waals surface area contributed by atoms with Gasteiger partial charge in [-0.1, -0.05) is 23.2 Å². The number of primary amides is 1. The molecule has 1 amide bonds. The number of aliphatic hydroxyl groups excluding tert-OH is 1. The minimum absolute atomic E-state index is 0.0424. The van der Waals surface area contributed by atoms with Crippen LogP contribution < -0.4 is 16.4 Å². The Morgan fingerprint density at radius 2 is 1.89 bits per heavy atom. The van der Waals surface area contributed by atoms with Crippen molar-refractivity contribution in [3.63, 3.8) is 0 Å². The standard InChI is InChI=1S/C22H24Cl2FN7O3/c23-13-5-11(25)6-14(24)18(13)30-22-29-15-7-27-21(28-16-8-35-9-17(16)33)31-20(15)32(22)12-3-1-10(2-4-12)19(26)34/h5-7,10,12,16-17,33H,1-4,8-9H2,(H2,26,34)(H,29,30)(H,27,28,31)/t10-,12+,16?,17?. The van der Waals surface area contributed by atoms with E-state index in [0.29, 0.717) is 61.0 Å². The predicted octanol–water partition coefficient (Wildman–Crippen LogP) is 3.40. The molecule has 0 radical (unpaired) electrons. The fourth-order valence-electron chi connectivity index (χ4n) is 4.63. The largest absolute Gasteiger partial charge is 0.388 e. The van der Waals surface area contributed by atoms with E-state index in [2.05, 4.69) is 25.6 Å². The normalized spacial score (nSPS) is 24.6. The van der Waals surface area contributed by atoms with Crippen LogP contribution in [0.4, 0.5) is 22.0 Å². The maximum Gasteiger partial charge on any atom is 0.225 e. The number of nitrogens with zero attached hydrogens (tertiary/aromatic N) is 4. The summed E-state index contributed by atoms with van der Waals surface area (Å²) in [6.07, 6.45) is 3.56. The summed E-state index contributed by atoms with van der Waals surface area (Å²) in [5, 5.41) is 16.5. The minimum atomic E-state index is -0.664. The number of carbonyl (C=O) groups excluding carboxylic acids is 1. The van der Waals surface area contributed by atoms with Gasteiger partial charge in [0.15, 0.2) is 5.65 Å². The number of hydrogen-bond donors (Lipinski definition) is 4. The number of imidazole rings is 1. The van der Waals surface area contributed by atoms with Gasteiger partial charge in [0.2, 0.25) is 17.8 Å². The molecule has 5 rings (SSSR count). The molecule has 1 aliphatic heterocycles. The maximum atomic E-state index is 13.7. The Kier molecular flexibility index (Phi) is 6.67. The zero-order valence-electron chi connectivity index (χ0n) is 18.5. The zero-order chi connectivity index (χ0) is 24.7. The van der Waals surface area contributed by atoms with Crippen molar-refractivity contribution in [1.82, 2.24) is 19.5 Å². The van der Waals surface area contributed by atoms with Gasteiger partial charge in [-0.25, -0.2) is 14.4 Å². The number of ether oxygens (including phenoxy) is 1. The molecule has 13 heteroatoms. The molecule has 2 fully saturated rings. The molecule has 5 N–H and O–H groups in total. The van der Waals surface area contributed by atoms with Crippen molar-refractivity contribution in [2.45, 2.75) is 43.9 Å². The van der Waals surface area contributed by atoms with Gasteiger partial charge in [-0.05, 0) is 37.8 Å². The number of fused-ring (bicyclic) bond motifs is 1. The summed E-state index contributed by atoms with van der Waals surface area (Å²) in [5.74, 6) is -0.289. The third-order valence-corrected chi connectivity index (χ3v) is 7.10. The highest BCUT2D eigenvalue weighted by Crippen LogP contribution is 2.39. The summed E-state index contributed by atoms with van der Waals surface area (Å²) >= 11 is 12.5. The first kappa shape index (κ1) is 24.0. The Balaban J connectivity index is 1.54. The van der Waals surface area contributed by atoms with E-state index in [0.717, 1.165) is 12.1 Å². The summed E-state index contributed by atoms with van der Waals surface area (Å²) < 4.78 is 20.9. The van der Waals surface area contributed by atoms with Gasteiger partial charge < -0.3 is 26.2 Å². The van der Waals surface area contributed by atoms with Crippen molar-refractivity contribution in [3.8, 4) is 0 Å². The van der Waals surface area contributed by atoms with E-state index in [1.165, 1.54) is 0 Å². The van der Waals surface area contributed by atoms with Crippen molar-refractivity contribution in [2.24, 2.45) is 11.7 Å². The van der Waals surface area contributed by atoms with E-state index in [1.54, 1.807) is 6.20 Å². The fraction of sp³-hybridized carbons (Fsp3) is 0.455. The Bertz CT molecular complexity index is 1240. The summed E-state index contributed by atoms with van der Waals surface area (Å²) in [6.45, 7) is 0.585. The summed E-state index contributed by atoms with van der Waals surface area (Å²) in [4.78, 5) is 25.3. The number of carbonyl (C=O) groups is 1. The third-order valence-electron chi connectivity index (χ3n) is 6.51. The van der Waals surface area contributed by atoms with Gasteiger partial charge in [0.25, 0.3) is 0 Å². The Labute approximate surface area is 210 Å². The average Bonchev–Trinajstić information content (AvgIpc) is 3.38. The highest BCUT2D eigenvalue weighted by atomic mass is 35.5. The van der Waals surface area contributed by atoms with E-state index in [1.807, 2.05) is 4.57 Å². The lowest BCUT2D eigenvalue weighted by atomic mass is 9.85. The summed E-state index contributed by atoms with van der Waals surface area (Å²) in [5.41, 5.74) is 6.90. The van der Waals surface area contributed by atoms with Crippen LogP contribution in [0.3, 0.4) is 0 Å².